The molecule has 4 aromatic rings. The number of nitrogens with one attached hydrogen (secondary N) is 1. The van der Waals surface area contributed by atoms with Gasteiger partial charge >= 0.3 is 0 Å². The van der Waals surface area contributed by atoms with Crippen LogP contribution in [0.25, 0.3) is 11.4 Å². The zero-order valence-corrected chi connectivity index (χ0v) is 18.5. The first-order valence-electron chi connectivity index (χ1n) is 9.97. The molecule has 6 nitrogen and oxygen atoms in total. The second kappa shape index (κ2) is 9.53. The monoisotopic (exact) mass is 472 g/mol. The van der Waals surface area contributed by atoms with Crippen molar-refractivity contribution in [3.05, 3.63) is 83.6 Å². The maximum absolute atomic E-state index is 13.9. The van der Waals surface area contributed by atoms with E-state index in [2.05, 4.69) is 15.5 Å². The van der Waals surface area contributed by atoms with Gasteiger partial charge in [-0.1, -0.05) is 42.1 Å². The Hall–Kier alpha value is -3.53. The molecule has 1 atom stereocenters. The number of amides is 1. The molecule has 2 heterocycles. The third-order valence-corrected chi connectivity index (χ3v) is 6.03. The SMILES string of the molecule is Cc1occc1-c1nnc(S[C@@H](C)C(=O)Nc2ccc(F)c(F)c2F)n1Cc1ccccc1. The molecule has 0 fully saturated rings. The number of hydrogen-bond acceptors (Lipinski definition) is 5. The van der Waals surface area contributed by atoms with Crippen LogP contribution in [0, 0.1) is 24.4 Å². The first kappa shape index (κ1) is 22.7. The van der Waals surface area contributed by atoms with Crippen molar-refractivity contribution in [2.75, 3.05) is 5.32 Å². The maximum Gasteiger partial charge on any atom is 0.237 e. The molecule has 0 radical (unpaired) electrons. The van der Waals surface area contributed by atoms with Crippen LogP contribution in [0.2, 0.25) is 0 Å². The third-order valence-electron chi connectivity index (χ3n) is 4.94. The molecule has 0 saturated carbocycles. The van der Waals surface area contributed by atoms with Crippen molar-refractivity contribution in [3.63, 3.8) is 0 Å². The summed E-state index contributed by atoms with van der Waals surface area (Å²) in [6, 6.07) is 13.2. The number of aryl methyl sites for hydroxylation is 1. The number of furan rings is 1. The summed E-state index contributed by atoms with van der Waals surface area (Å²) in [5.41, 5.74) is 1.33. The highest BCUT2D eigenvalue weighted by Crippen LogP contribution is 2.30. The van der Waals surface area contributed by atoms with E-state index in [1.165, 1.54) is 0 Å². The highest BCUT2D eigenvalue weighted by Gasteiger charge is 2.24. The molecular weight excluding hydrogens is 453 g/mol. The molecule has 0 saturated heterocycles. The van der Waals surface area contributed by atoms with Crippen LogP contribution in [0.1, 0.15) is 18.2 Å². The first-order valence-corrected chi connectivity index (χ1v) is 10.9. The standard InChI is InChI=1S/C23H19F3N4O2S/c1-13-16(10-11-32-13)21-28-29-23(30(21)12-15-6-4-3-5-7-15)33-14(2)22(31)27-18-9-8-17(24)19(25)20(18)26/h3-11,14H,12H2,1-2H3,(H,27,31)/t14-/m0/s1. The average molecular weight is 472 g/mol. The number of aromatic nitrogens is 3. The molecule has 170 valence electrons. The molecular formula is C23H19F3N4O2S. The number of nitrogens with zero attached hydrogens (tertiary/aromatic N) is 3. The summed E-state index contributed by atoms with van der Waals surface area (Å²) in [4.78, 5) is 12.6. The number of benzene rings is 2. The fourth-order valence-electron chi connectivity index (χ4n) is 3.17. The predicted molar refractivity (Wildman–Crippen MR) is 118 cm³/mol. The fraction of sp³-hybridized carbons (Fsp3) is 0.174. The van der Waals surface area contributed by atoms with E-state index in [1.54, 1.807) is 19.3 Å². The Labute approximate surface area is 191 Å². The number of carbonyl (C=O) groups excluding carboxylic acids is 1. The van der Waals surface area contributed by atoms with E-state index in [-0.39, 0.29) is 0 Å². The lowest BCUT2D eigenvalue weighted by atomic mass is 10.2. The minimum Gasteiger partial charge on any atom is -0.469 e. The highest BCUT2D eigenvalue weighted by atomic mass is 32.2. The fourth-order valence-corrected chi connectivity index (χ4v) is 4.02. The molecule has 4 rings (SSSR count). The van der Waals surface area contributed by atoms with Gasteiger partial charge in [0.05, 0.1) is 29.3 Å². The summed E-state index contributed by atoms with van der Waals surface area (Å²) < 4.78 is 47.9. The van der Waals surface area contributed by atoms with Gasteiger partial charge in [-0.05, 0) is 37.6 Å². The van der Waals surface area contributed by atoms with Crippen LogP contribution in [0.15, 0.2) is 64.4 Å². The van der Waals surface area contributed by atoms with Crippen molar-refractivity contribution in [1.82, 2.24) is 14.8 Å². The topological polar surface area (TPSA) is 72.9 Å². The Balaban J connectivity index is 1.59. The second-order valence-corrected chi connectivity index (χ2v) is 8.55. The molecule has 0 aliphatic rings. The van der Waals surface area contributed by atoms with E-state index in [4.69, 9.17) is 4.42 Å². The third kappa shape index (κ3) is 4.80. The second-order valence-electron chi connectivity index (χ2n) is 7.24. The smallest absolute Gasteiger partial charge is 0.237 e. The Morgan fingerprint density at radius 1 is 1.09 bits per heavy atom. The summed E-state index contributed by atoms with van der Waals surface area (Å²) in [6.07, 6.45) is 1.56. The van der Waals surface area contributed by atoms with Gasteiger partial charge in [0.15, 0.2) is 28.4 Å². The van der Waals surface area contributed by atoms with Crippen molar-refractivity contribution in [1.29, 1.82) is 0 Å². The number of hydrogen-bond donors (Lipinski definition) is 1. The minimum atomic E-state index is -1.64. The summed E-state index contributed by atoms with van der Waals surface area (Å²) in [5, 5.41) is 10.6. The maximum atomic E-state index is 13.9. The molecule has 1 N–H and O–H groups in total. The molecule has 0 aliphatic carbocycles. The van der Waals surface area contributed by atoms with Gasteiger partial charge in [-0.25, -0.2) is 13.2 Å². The molecule has 2 aromatic heterocycles. The van der Waals surface area contributed by atoms with Crippen LogP contribution in [0.5, 0.6) is 0 Å². The van der Waals surface area contributed by atoms with Crippen LogP contribution in [0.4, 0.5) is 18.9 Å². The Kier molecular flexibility index (Phi) is 6.55. The molecule has 1 amide bonds. The van der Waals surface area contributed by atoms with Gasteiger partial charge in [0.25, 0.3) is 0 Å². The molecule has 0 spiro atoms. The van der Waals surface area contributed by atoms with Gasteiger partial charge < -0.3 is 9.73 Å². The summed E-state index contributed by atoms with van der Waals surface area (Å²) >= 11 is 1.11. The number of thioether (sulfide) groups is 1. The number of anilines is 1. The lowest BCUT2D eigenvalue weighted by Gasteiger charge is -2.14. The van der Waals surface area contributed by atoms with Crippen LogP contribution in [-0.2, 0) is 11.3 Å². The lowest BCUT2D eigenvalue weighted by molar-refractivity contribution is -0.115. The number of halogens is 3. The summed E-state index contributed by atoms with van der Waals surface area (Å²) in [5.74, 6) is -3.77. The zero-order chi connectivity index (χ0) is 23.5. The van der Waals surface area contributed by atoms with E-state index in [9.17, 15) is 18.0 Å². The van der Waals surface area contributed by atoms with Crippen molar-refractivity contribution in [3.8, 4) is 11.4 Å². The first-order chi connectivity index (χ1) is 15.8. The van der Waals surface area contributed by atoms with Crippen LogP contribution in [0.3, 0.4) is 0 Å². The predicted octanol–water partition coefficient (Wildman–Crippen LogP) is 5.43. The van der Waals surface area contributed by atoms with Crippen molar-refractivity contribution < 1.29 is 22.4 Å². The van der Waals surface area contributed by atoms with E-state index in [0.29, 0.717) is 23.3 Å². The normalized spacial score (nSPS) is 12.0. The van der Waals surface area contributed by atoms with Crippen LogP contribution < -0.4 is 5.32 Å². The van der Waals surface area contributed by atoms with Gasteiger partial charge in [0.2, 0.25) is 5.91 Å². The van der Waals surface area contributed by atoms with Gasteiger partial charge in [-0.2, -0.15) is 0 Å². The lowest BCUT2D eigenvalue weighted by Crippen LogP contribution is -2.24. The quantitative estimate of drug-likeness (QED) is 0.287. The Bertz CT molecular complexity index is 1290. The van der Waals surface area contributed by atoms with Gasteiger partial charge in [0, 0.05) is 0 Å². The largest absolute Gasteiger partial charge is 0.469 e. The highest BCUT2D eigenvalue weighted by molar-refractivity contribution is 8.00. The number of rotatable bonds is 7. The van der Waals surface area contributed by atoms with Crippen molar-refractivity contribution in [2.24, 2.45) is 0 Å². The van der Waals surface area contributed by atoms with E-state index >= 15 is 0 Å². The van der Waals surface area contributed by atoms with Crippen molar-refractivity contribution in [2.45, 2.75) is 30.8 Å². The zero-order valence-electron chi connectivity index (χ0n) is 17.7. The molecule has 0 unspecified atom stereocenters. The molecule has 0 bridgehead atoms. The average Bonchev–Trinajstić information content (AvgIpc) is 3.40. The summed E-state index contributed by atoms with van der Waals surface area (Å²) in [7, 11) is 0. The van der Waals surface area contributed by atoms with Gasteiger partial charge in [0.1, 0.15) is 5.76 Å². The van der Waals surface area contributed by atoms with Gasteiger partial charge in [-0.3, -0.25) is 9.36 Å². The molecule has 33 heavy (non-hydrogen) atoms. The molecule has 2 aromatic carbocycles. The van der Waals surface area contributed by atoms with Crippen molar-refractivity contribution >= 4 is 23.4 Å². The number of carbonyl (C=O) groups is 1. The molecule has 10 heteroatoms. The summed E-state index contributed by atoms with van der Waals surface area (Å²) in [6.45, 7) is 3.86. The molecule has 0 aliphatic heterocycles. The Morgan fingerprint density at radius 3 is 2.55 bits per heavy atom. The van der Waals surface area contributed by atoms with E-state index in [0.717, 1.165) is 35.0 Å². The van der Waals surface area contributed by atoms with Gasteiger partial charge in [-0.15, -0.1) is 10.2 Å². The van der Waals surface area contributed by atoms with Crippen LogP contribution >= 0.6 is 11.8 Å². The van der Waals surface area contributed by atoms with Crippen LogP contribution in [-0.4, -0.2) is 25.9 Å². The minimum absolute atomic E-state index is 0.438. The van der Waals surface area contributed by atoms with E-state index < -0.39 is 34.3 Å². The van der Waals surface area contributed by atoms with E-state index in [1.807, 2.05) is 41.8 Å². The Morgan fingerprint density at radius 2 is 1.85 bits per heavy atom.